The number of carboxylic acid groups (broad SMARTS) is 1. The number of hydrogen-bond donors (Lipinski definition) is 1. The van der Waals surface area contributed by atoms with Crippen LogP contribution in [0, 0.1) is 17.2 Å². The van der Waals surface area contributed by atoms with Gasteiger partial charge in [-0.2, -0.15) is 0 Å². The van der Waals surface area contributed by atoms with Crippen molar-refractivity contribution in [3.8, 4) is 17.0 Å². The molecule has 3 atom stereocenters. The number of fused-ring (bicyclic) bond motifs is 1. The van der Waals surface area contributed by atoms with Crippen LogP contribution in [0.25, 0.3) is 22.2 Å². The highest BCUT2D eigenvalue weighted by Crippen LogP contribution is 2.63. The summed E-state index contributed by atoms with van der Waals surface area (Å²) in [5, 5.41) is 10.3. The van der Waals surface area contributed by atoms with Crippen molar-refractivity contribution in [1.29, 1.82) is 0 Å². The summed E-state index contributed by atoms with van der Waals surface area (Å²) in [5.41, 5.74) is 3.31. The molecule has 1 amide bonds. The lowest BCUT2D eigenvalue weighted by molar-refractivity contribution is -0.142. The first-order chi connectivity index (χ1) is 17.9. The second-order valence-electron chi connectivity index (χ2n) is 9.92. The number of aromatic nitrogens is 1. The van der Waals surface area contributed by atoms with Gasteiger partial charge in [0, 0.05) is 23.6 Å². The molecule has 3 aromatic carbocycles. The molecule has 186 valence electrons. The molecule has 2 heterocycles. The van der Waals surface area contributed by atoms with E-state index in [9.17, 15) is 14.7 Å². The maximum absolute atomic E-state index is 15.2. The van der Waals surface area contributed by atoms with Crippen LogP contribution in [0.4, 0.5) is 4.39 Å². The Labute approximate surface area is 213 Å². The Bertz CT molecular complexity index is 1540. The highest BCUT2D eigenvalue weighted by Gasteiger charge is 2.69. The highest BCUT2D eigenvalue weighted by molar-refractivity contribution is 5.95. The Morgan fingerprint density at radius 3 is 2.57 bits per heavy atom. The molecule has 1 N–H and O–H groups in total. The van der Waals surface area contributed by atoms with Crippen LogP contribution < -0.4 is 4.74 Å². The van der Waals surface area contributed by atoms with E-state index in [1.807, 2.05) is 60.7 Å². The average molecular weight is 497 g/mol. The van der Waals surface area contributed by atoms with E-state index < -0.39 is 23.1 Å². The number of pyridine rings is 1. The normalized spacial score (nSPS) is 22.5. The summed E-state index contributed by atoms with van der Waals surface area (Å²) >= 11 is 0. The number of aliphatic carboxylic acids is 1. The number of benzene rings is 3. The molecule has 2 aliphatic rings. The van der Waals surface area contributed by atoms with Crippen molar-refractivity contribution in [3.05, 3.63) is 95.8 Å². The van der Waals surface area contributed by atoms with Crippen LogP contribution in [-0.2, 0) is 16.2 Å². The minimum absolute atomic E-state index is 0.113. The number of nitrogens with zero attached hydrogens (tertiary/aromatic N) is 2. The van der Waals surface area contributed by atoms with Crippen LogP contribution in [0.1, 0.15) is 30.0 Å². The van der Waals surface area contributed by atoms with Crippen molar-refractivity contribution in [2.75, 3.05) is 7.05 Å². The van der Waals surface area contributed by atoms with Gasteiger partial charge in [0.1, 0.15) is 6.61 Å². The van der Waals surface area contributed by atoms with Gasteiger partial charge in [-0.3, -0.25) is 9.59 Å². The summed E-state index contributed by atoms with van der Waals surface area (Å²) < 4.78 is 21.1. The fourth-order valence-corrected chi connectivity index (χ4v) is 5.62. The second kappa shape index (κ2) is 8.69. The standard InChI is InChI=1S/C30H25FN2O4/c1-33-26(16-30(29(33)36)15-22(30)28(34)35)19-11-12-27(23(31)13-19)37-17-20-14-25(18-7-3-2-4-8-18)32-24-10-6-5-9-21(20)24/h2-14,22,26H,15-17H2,1H3,(H,34,35)/t22-,26?,30-/m1/s1. The molecule has 6 rings (SSSR count). The van der Waals surface area contributed by atoms with E-state index in [0.717, 1.165) is 27.7 Å². The van der Waals surface area contributed by atoms with Crippen LogP contribution in [0.2, 0.25) is 0 Å². The molecular formula is C30H25FN2O4. The van der Waals surface area contributed by atoms with Crippen LogP contribution in [0.15, 0.2) is 78.9 Å². The zero-order chi connectivity index (χ0) is 25.7. The number of likely N-dealkylation sites (tertiary alicyclic amines) is 1. The molecule has 2 fully saturated rings. The van der Waals surface area contributed by atoms with Crippen molar-refractivity contribution >= 4 is 22.8 Å². The van der Waals surface area contributed by atoms with Crippen LogP contribution in [0.3, 0.4) is 0 Å². The lowest BCUT2D eigenvalue weighted by atomic mass is 9.95. The maximum Gasteiger partial charge on any atom is 0.307 e. The van der Waals surface area contributed by atoms with E-state index in [4.69, 9.17) is 9.72 Å². The average Bonchev–Trinajstić information content (AvgIpc) is 3.60. The Hall–Kier alpha value is -4.26. The first kappa shape index (κ1) is 23.2. The Kier molecular flexibility index (Phi) is 5.44. The van der Waals surface area contributed by atoms with Gasteiger partial charge in [-0.1, -0.05) is 54.6 Å². The first-order valence-electron chi connectivity index (χ1n) is 12.2. The quantitative estimate of drug-likeness (QED) is 0.375. The molecule has 1 aromatic heterocycles. The SMILES string of the molecule is CN1C(=O)[C@@]2(CC1c1ccc(OCc3cc(-c4ccccc4)nc4ccccc34)c(F)c1)C[C@@H]2C(=O)O. The highest BCUT2D eigenvalue weighted by atomic mass is 19.1. The van der Waals surface area contributed by atoms with Crippen molar-refractivity contribution in [3.63, 3.8) is 0 Å². The molecule has 7 heteroatoms. The third-order valence-corrected chi connectivity index (χ3v) is 7.74. The summed E-state index contributed by atoms with van der Waals surface area (Å²) in [6.45, 7) is 0.157. The van der Waals surface area contributed by atoms with Gasteiger partial charge >= 0.3 is 5.97 Å². The number of rotatable bonds is 6. The minimum atomic E-state index is -0.948. The number of carbonyl (C=O) groups excluding carboxylic acids is 1. The van der Waals surface area contributed by atoms with Crippen molar-refractivity contribution in [1.82, 2.24) is 9.88 Å². The van der Waals surface area contributed by atoms with Crippen LogP contribution in [-0.4, -0.2) is 33.9 Å². The summed E-state index contributed by atoms with van der Waals surface area (Å²) in [7, 11) is 1.65. The van der Waals surface area contributed by atoms with Crippen LogP contribution in [0.5, 0.6) is 5.75 Å². The lowest BCUT2D eigenvalue weighted by Crippen LogP contribution is -2.27. The number of carbonyl (C=O) groups is 2. The summed E-state index contributed by atoms with van der Waals surface area (Å²) in [4.78, 5) is 30.5. The Morgan fingerprint density at radius 1 is 1.08 bits per heavy atom. The van der Waals surface area contributed by atoms with Crippen molar-refractivity contribution in [2.24, 2.45) is 11.3 Å². The van der Waals surface area contributed by atoms with Gasteiger partial charge in [-0.05, 0) is 42.7 Å². The van der Waals surface area contributed by atoms with E-state index in [0.29, 0.717) is 18.4 Å². The largest absolute Gasteiger partial charge is 0.486 e. The Morgan fingerprint density at radius 2 is 1.84 bits per heavy atom. The number of amides is 1. The number of halogens is 1. The molecule has 1 spiro atoms. The smallest absolute Gasteiger partial charge is 0.307 e. The van der Waals surface area contributed by atoms with E-state index >= 15 is 4.39 Å². The molecular weight excluding hydrogens is 471 g/mol. The van der Waals surface area contributed by atoms with Gasteiger partial charge in [0.2, 0.25) is 5.91 Å². The fourth-order valence-electron chi connectivity index (χ4n) is 5.62. The zero-order valence-electron chi connectivity index (χ0n) is 20.2. The van der Waals surface area contributed by atoms with Gasteiger partial charge in [-0.15, -0.1) is 0 Å². The molecule has 6 nitrogen and oxygen atoms in total. The van der Waals surface area contributed by atoms with Crippen molar-refractivity contribution < 1.29 is 23.8 Å². The predicted molar refractivity (Wildman–Crippen MR) is 136 cm³/mol. The molecule has 1 aliphatic carbocycles. The molecule has 1 saturated heterocycles. The minimum Gasteiger partial charge on any atom is -0.486 e. The lowest BCUT2D eigenvalue weighted by Gasteiger charge is -2.20. The third-order valence-electron chi connectivity index (χ3n) is 7.74. The van der Waals surface area contributed by atoms with Crippen molar-refractivity contribution in [2.45, 2.75) is 25.5 Å². The topological polar surface area (TPSA) is 79.7 Å². The summed E-state index contributed by atoms with van der Waals surface area (Å²) in [6.07, 6.45) is 0.723. The van der Waals surface area contributed by atoms with Gasteiger partial charge in [0.15, 0.2) is 11.6 Å². The predicted octanol–water partition coefficient (Wildman–Crippen LogP) is 5.61. The van der Waals surface area contributed by atoms with Crippen LogP contribution >= 0.6 is 0 Å². The number of hydrogen-bond acceptors (Lipinski definition) is 4. The molecule has 4 aromatic rings. The number of para-hydroxylation sites is 1. The summed E-state index contributed by atoms with van der Waals surface area (Å²) in [6, 6.07) is 24.0. The molecule has 1 aliphatic heterocycles. The van der Waals surface area contributed by atoms with Gasteiger partial charge in [0.05, 0.1) is 28.6 Å². The Balaban J connectivity index is 1.24. The van der Waals surface area contributed by atoms with E-state index in [-0.39, 0.29) is 24.3 Å². The second-order valence-corrected chi connectivity index (χ2v) is 9.92. The molecule has 37 heavy (non-hydrogen) atoms. The molecule has 0 bridgehead atoms. The van der Waals surface area contributed by atoms with Gasteiger partial charge in [-0.25, -0.2) is 9.37 Å². The van der Waals surface area contributed by atoms with Gasteiger partial charge in [0.25, 0.3) is 0 Å². The van der Waals surface area contributed by atoms with Gasteiger partial charge < -0.3 is 14.7 Å². The van der Waals surface area contributed by atoms with E-state index in [1.54, 1.807) is 24.1 Å². The van der Waals surface area contributed by atoms with E-state index in [2.05, 4.69) is 0 Å². The zero-order valence-corrected chi connectivity index (χ0v) is 20.2. The number of ether oxygens (including phenoxy) is 1. The number of carboxylic acids is 1. The van der Waals surface area contributed by atoms with E-state index in [1.165, 1.54) is 6.07 Å². The monoisotopic (exact) mass is 496 g/mol. The first-order valence-corrected chi connectivity index (χ1v) is 12.2. The molecule has 1 unspecified atom stereocenters. The third kappa shape index (κ3) is 3.91. The fraction of sp³-hybridized carbons (Fsp3) is 0.233. The maximum atomic E-state index is 15.2. The summed E-state index contributed by atoms with van der Waals surface area (Å²) in [5.74, 6) is -2.19. The molecule has 0 radical (unpaired) electrons. The molecule has 1 saturated carbocycles.